The van der Waals surface area contributed by atoms with Crippen LogP contribution < -0.4 is 4.74 Å². The highest BCUT2D eigenvalue weighted by Gasteiger charge is 2.34. The van der Waals surface area contributed by atoms with Crippen LogP contribution in [0.15, 0.2) is 53.4 Å². The molecule has 3 rings (SSSR count). The molecule has 0 aliphatic carbocycles. The molecule has 1 aliphatic rings. The minimum absolute atomic E-state index is 0.197. The van der Waals surface area contributed by atoms with E-state index in [4.69, 9.17) is 22.8 Å². The lowest BCUT2D eigenvalue weighted by Crippen LogP contribution is -2.27. The van der Waals surface area contributed by atoms with Crippen molar-refractivity contribution in [2.45, 2.75) is 6.54 Å². The maximum absolute atomic E-state index is 12.5. The number of ether oxygens (including phenoxy) is 1. The van der Waals surface area contributed by atoms with Gasteiger partial charge in [-0.25, -0.2) is 0 Å². The van der Waals surface area contributed by atoms with Crippen molar-refractivity contribution in [3.05, 3.63) is 69.6 Å². The molecule has 0 saturated carbocycles. The van der Waals surface area contributed by atoms with Crippen LogP contribution in [0, 0.1) is 12.3 Å². The molecule has 0 aromatic heterocycles. The second-order valence-corrected chi connectivity index (χ2v) is 6.89. The van der Waals surface area contributed by atoms with Crippen LogP contribution in [0.4, 0.5) is 4.79 Å². The second kappa shape index (κ2) is 8.13. The van der Waals surface area contributed by atoms with Crippen LogP contribution >= 0.6 is 23.4 Å². The first-order valence-electron chi connectivity index (χ1n) is 7.73. The molecule has 1 saturated heterocycles. The van der Waals surface area contributed by atoms with Crippen LogP contribution in [-0.2, 0) is 11.3 Å². The fourth-order valence-corrected chi connectivity index (χ4v) is 3.31. The monoisotopic (exact) mass is 383 g/mol. The third-order valence-corrected chi connectivity index (χ3v) is 4.79. The molecule has 1 fully saturated rings. The molecule has 0 radical (unpaired) electrons. The Labute approximate surface area is 160 Å². The standard InChI is InChI=1S/C20H14ClNO3S/c1-2-11-25-17-9-5-14(6-10-17)12-18-19(23)22(20(24)26-18)13-15-3-7-16(21)8-4-15/h1,3-10,12H,11,13H2/b18-12-. The van der Waals surface area contributed by atoms with E-state index in [0.717, 1.165) is 22.9 Å². The maximum Gasteiger partial charge on any atom is 0.293 e. The number of rotatable bonds is 5. The zero-order valence-electron chi connectivity index (χ0n) is 13.6. The Morgan fingerprint density at radius 1 is 1.12 bits per heavy atom. The van der Waals surface area contributed by atoms with Crippen LogP contribution in [0.5, 0.6) is 5.75 Å². The lowest BCUT2D eigenvalue weighted by molar-refractivity contribution is -0.123. The van der Waals surface area contributed by atoms with Gasteiger partial charge in [-0.05, 0) is 53.2 Å². The van der Waals surface area contributed by atoms with Gasteiger partial charge in [-0.15, -0.1) is 6.42 Å². The molecule has 2 amide bonds. The molecular formula is C20H14ClNO3S. The van der Waals surface area contributed by atoms with E-state index in [0.29, 0.717) is 15.7 Å². The third kappa shape index (κ3) is 4.29. The number of thioether (sulfide) groups is 1. The normalized spacial score (nSPS) is 15.4. The summed E-state index contributed by atoms with van der Waals surface area (Å²) in [5, 5.41) is 0.322. The Bertz CT molecular complexity index is 898. The molecule has 1 heterocycles. The number of carbonyl (C=O) groups excluding carboxylic acids is 2. The molecule has 0 spiro atoms. The molecule has 0 unspecified atom stereocenters. The zero-order chi connectivity index (χ0) is 18.5. The summed E-state index contributed by atoms with van der Waals surface area (Å²) in [4.78, 5) is 26.4. The minimum atomic E-state index is -0.303. The van der Waals surface area contributed by atoms with Crippen LogP contribution in [0.2, 0.25) is 5.02 Å². The van der Waals surface area contributed by atoms with Crippen molar-refractivity contribution in [1.82, 2.24) is 4.90 Å². The number of imide groups is 1. The Morgan fingerprint density at radius 2 is 1.81 bits per heavy atom. The maximum atomic E-state index is 12.5. The van der Waals surface area contributed by atoms with E-state index in [1.807, 2.05) is 0 Å². The summed E-state index contributed by atoms with van der Waals surface area (Å²) in [7, 11) is 0. The number of hydrogen-bond donors (Lipinski definition) is 0. The number of terminal acetylenes is 1. The zero-order valence-corrected chi connectivity index (χ0v) is 15.2. The molecule has 0 bridgehead atoms. The summed E-state index contributed by atoms with van der Waals surface area (Å²) >= 11 is 6.79. The number of halogens is 1. The molecule has 0 N–H and O–H groups in total. The molecule has 130 valence electrons. The van der Waals surface area contributed by atoms with Gasteiger partial charge in [-0.3, -0.25) is 14.5 Å². The first kappa shape index (κ1) is 18.1. The minimum Gasteiger partial charge on any atom is -0.481 e. The van der Waals surface area contributed by atoms with Crippen molar-refractivity contribution in [3.8, 4) is 18.1 Å². The number of carbonyl (C=O) groups is 2. The van der Waals surface area contributed by atoms with Gasteiger partial charge in [0.05, 0.1) is 11.4 Å². The van der Waals surface area contributed by atoms with E-state index in [1.54, 1.807) is 54.6 Å². The van der Waals surface area contributed by atoms with Gasteiger partial charge in [0.25, 0.3) is 11.1 Å². The summed E-state index contributed by atoms with van der Waals surface area (Å²) in [6.45, 7) is 0.418. The van der Waals surface area contributed by atoms with E-state index >= 15 is 0 Å². The molecule has 6 heteroatoms. The Morgan fingerprint density at radius 3 is 2.46 bits per heavy atom. The highest BCUT2D eigenvalue weighted by molar-refractivity contribution is 8.18. The number of amides is 2. The summed E-state index contributed by atoms with van der Waals surface area (Å²) in [5.41, 5.74) is 1.64. The van der Waals surface area contributed by atoms with Crippen LogP contribution in [0.25, 0.3) is 6.08 Å². The number of benzene rings is 2. The quantitative estimate of drug-likeness (QED) is 0.559. The Hall–Kier alpha value is -2.68. The van der Waals surface area contributed by atoms with Gasteiger partial charge in [-0.1, -0.05) is 41.8 Å². The topological polar surface area (TPSA) is 46.6 Å². The highest BCUT2D eigenvalue weighted by Crippen LogP contribution is 2.33. The SMILES string of the molecule is C#CCOc1ccc(/C=C2\SC(=O)N(Cc3ccc(Cl)cc3)C2=O)cc1. The predicted octanol–water partition coefficient (Wildman–Crippen LogP) is 4.59. The van der Waals surface area contributed by atoms with Crippen molar-refractivity contribution in [1.29, 1.82) is 0 Å². The number of hydrogen-bond acceptors (Lipinski definition) is 4. The van der Waals surface area contributed by atoms with Gasteiger partial charge >= 0.3 is 0 Å². The summed E-state index contributed by atoms with van der Waals surface area (Å²) in [5.74, 6) is 2.74. The molecular weight excluding hydrogens is 370 g/mol. The van der Waals surface area contributed by atoms with Crippen molar-refractivity contribution in [2.75, 3.05) is 6.61 Å². The molecule has 0 atom stereocenters. The van der Waals surface area contributed by atoms with Crippen molar-refractivity contribution >= 4 is 40.6 Å². The average molecular weight is 384 g/mol. The smallest absolute Gasteiger partial charge is 0.293 e. The lowest BCUT2D eigenvalue weighted by Gasteiger charge is -2.12. The summed E-state index contributed by atoms with van der Waals surface area (Å²) in [6.07, 6.45) is 6.84. The van der Waals surface area contributed by atoms with Gasteiger partial charge < -0.3 is 4.74 Å². The highest BCUT2D eigenvalue weighted by atomic mass is 35.5. The third-order valence-electron chi connectivity index (χ3n) is 3.63. The molecule has 2 aromatic rings. The van der Waals surface area contributed by atoms with Crippen molar-refractivity contribution in [2.24, 2.45) is 0 Å². The number of nitrogens with zero attached hydrogens (tertiary/aromatic N) is 1. The van der Waals surface area contributed by atoms with E-state index in [-0.39, 0.29) is 24.3 Å². The van der Waals surface area contributed by atoms with Crippen molar-refractivity contribution in [3.63, 3.8) is 0 Å². The van der Waals surface area contributed by atoms with Gasteiger partial charge in [0.2, 0.25) is 0 Å². The lowest BCUT2D eigenvalue weighted by atomic mass is 10.2. The molecule has 4 nitrogen and oxygen atoms in total. The van der Waals surface area contributed by atoms with E-state index in [9.17, 15) is 9.59 Å². The van der Waals surface area contributed by atoms with Crippen LogP contribution in [-0.4, -0.2) is 22.7 Å². The predicted molar refractivity (Wildman–Crippen MR) is 104 cm³/mol. The largest absolute Gasteiger partial charge is 0.481 e. The fraction of sp³-hybridized carbons (Fsp3) is 0.100. The molecule has 1 aliphatic heterocycles. The van der Waals surface area contributed by atoms with E-state index in [2.05, 4.69) is 5.92 Å². The Kier molecular flexibility index (Phi) is 5.67. The summed E-state index contributed by atoms with van der Waals surface area (Å²) in [6, 6.07) is 14.2. The van der Waals surface area contributed by atoms with Crippen LogP contribution in [0.3, 0.4) is 0 Å². The molecule has 26 heavy (non-hydrogen) atoms. The average Bonchev–Trinajstić information content (AvgIpc) is 2.90. The van der Waals surface area contributed by atoms with E-state index in [1.165, 1.54) is 4.90 Å². The molecule has 2 aromatic carbocycles. The van der Waals surface area contributed by atoms with Gasteiger partial charge in [0.15, 0.2) is 0 Å². The first-order chi connectivity index (χ1) is 12.6. The summed E-state index contributed by atoms with van der Waals surface area (Å²) < 4.78 is 5.31. The van der Waals surface area contributed by atoms with Gasteiger partial charge in [0, 0.05) is 5.02 Å². The van der Waals surface area contributed by atoms with Gasteiger partial charge in [0.1, 0.15) is 12.4 Å². The second-order valence-electron chi connectivity index (χ2n) is 5.46. The first-order valence-corrected chi connectivity index (χ1v) is 8.92. The van der Waals surface area contributed by atoms with Gasteiger partial charge in [-0.2, -0.15) is 0 Å². The fourth-order valence-electron chi connectivity index (χ4n) is 2.35. The van der Waals surface area contributed by atoms with E-state index < -0.39 is 0 Å². The van der Waals surface area contributed by atoms with Crippen molar-refractivity contribution < 1.29 is 14.3 Å². The van der Waals surface area contributed by atoms with Crippen LogP contribution in [0.1, 0.15) is 11.1 Å². The Balaban J connectivity index is 1.72.